The van der Waals surface area contributed by atoms with E-state index in [0.717, 1.165) is 29.8 Å². The van der Waals surface area contributed by atoms with E-state index in [4.69, 9.17) is 9.84 Å². The van der Waals surface area contributed by atoms with E-state index in [1.807, 2.05) is 6.92 Å². The van der Waals surface area contributed by atoms with Crippen LogP contribution in [0, 0.1) is 18.6 Å². The van der Waals surface area contributed by atoms with Gasteiger partial charge in [-0.25, -0.2) is 13.6 Å². The zero-order valence-corrected chi connectivity index (χ0v) is 11.1. The summed E-state index contributed by atoms with van der Waals surface area (Å²) in [4.78, 5) is 10.6. The van der Waals surface area contributed by atoms with Crippen molar-refractivity contribution >= 4 is 12.0 Å². The zero-order chi connectivity index (χ0) is 15.4. The van der Waals surface area contributed by atoms with Crippen LogP contribution in [0.25, 0.3) is 6.08 Å². The molecule has 0 aliphatic heterocycles. The lowest BCUT2D eigenvalue weighted by molar-refractivity contribution is -0.131. The predicted molar refractivity (Wildman–Crippen MR) is 74.3 cm³/mol. The van der Waals surface area contributed by atoms with Gasteiger partial charge in [0.15, 0.2) is 0 Å². The second-order valence-electron chi connectivity index (χ2n) is 4.42. The molecule has 0 aliphatic rings. The number of hydrogen-bond donors (Lipinski definition) is 1. The average Bonchev–Trinajstić information content (AvgIpc) is 2.37. The van der Waals surface area contributed by atoms with E-state index < -0.39 is 17.6 Å². The van der Waals surface area contributed by atoms with Crippen LogP contribution in [0.2, 0.25) is 0 Å². The lowest BCUT2D eigenvalue weighted by Crippen LogP contribution is -1.92. The van der Waals surface area contributed by atoms with Gasteiger partial charge in [-0.2, -0.15) is 0 Å². The van der Waals surface area contributed by atoms with E-state index in [-0.39, 0.29) is 5.75 Å². The molecule has 0 saturated heterocycles. The molecule has 21 heavy (non-hydrogen) atoms. The molecule has 0 aromatic heterocycles. The second kappa shape index (κ2) is 6.17. The van der Waals surface area contributed by atoms with E-state index in [9.17, 15) is 13.6 Å². The number of aliphatic carboxylic acids is 1. The minimum Gasteiger partial charge on any atom is -0.478 e. The smallest absolute Gasteiger partial charge is 0.328 e. The summed E-state index contributed by atoms with van der Waals surface area (Å²) in [6.45, 7) is 1.84. The third-order valence-corrected chi connectivity index (χ3v) is 2.63. The van der Waals surface area contributed by atoms with Gasteiger partial charge in [-0.15, -0.1) is 0 Å². The number of rotatable bonds is 4. The molecule has 3 nitrogen and oxygen atoms in total. The maximum atomic E-state index is 13.1. The summed E-state index contributed by atoms with van der Waals surface area (Å²) in [5.74, 6) is -2.29. The van der Waals surface area contributed by atoms with Crippen LogP contribution in [-0.2, 0) is 4.79 Å². The lowest BCUT2D eigenvalue weighted by Gasteiger charge is -2.10. The van der Waals surface area contributed by atoms with E-state index in [1.165, 1.54) is 6.08 Å². The van der Waals surface area contributed by atoms with Gasteiger partial charge in [-0.1, -0.05) is 11.6 Å². The van der Waals surface area contributed by atoms with Crippen LogP contribution >= 0.6 is 0 Å². The molecule has 2 aromatic carbocycles. The van der Waals surface area contributed by atoms with Crippen LogP contribution < -0.4 is 4.74 Å². The molecular weight excluding hydrogens is 278 g/mol. The van der Waals surface area contributed by atoms with Crippen molar-refractivity contribution in [3.63, 3.8) is 0 Å². The maximum Gasteiger partial charge on any atom is 0.328 e. The molecule has 0 spiro atoms. The Hall–Kier alpha value is -2.69. The summed E-state index contributed by atoms with van der Waals surface area (Å²) in [5.41, 5.74) is 1.40. The van der Waals surface area contributed by atoms with E-state index in [0.29, 0.717) is 11.3 Å². The molecule has 0 unspecified atom stereocenters. The minimum absolute atomic E-state index is 0.00123. The number of ether oxygens (including phenoxy) is 1. The summed E-state index contributed by atoms with van der Waals surface area (Å²) in [7, 11) is 0. The van der Waals surface area contributed by atoms with E-state index in [1.54, 1.807) is 18.2 Å². The molecule has 0 heterocycles. The molecule has 5 heteroatoms. The first-order chi connectivity index (χ1) is 9.94. The fourth-order valence-corrected chi connectivity index (χ4v) is 1.77. The minimum atomic E-state index is -1.10. The number of benzene rings is 2. The highest BCUT2D eigenvalue weighted by Gasteiger charge is 2.07. The molecule has 0 saturated carbocycles. The van der Waals surface area contributed by atoms with Gasteiger partial charge < -0.3 is 9.84 Å². The second-order valence-corrected chi connectivity index (χ2v) is 4.42. The Morgan fingerprint density at radius 3 is 2.43 bits per heavy atom. The molecule has 0 aliphatic carbocycles. The first-order valence-electron chi connectivity index (χ1n) is 6.09. The van der Waals surface area contributed by atoms with Gasteiger partial charge in [-0.3, -0.25) is 0 Å². The van der Waals surface area contributed by atoms with Gasteiger partial charge in [0.1, 0.15) is 23.1 Å². The quantitative estimate of drug-likeness (QED) is 0.860. The average molecular weight is 290 g/mol. The van der Waals surface area contributed by atoms with Crippen molar-refractivity contribution in [2.75, 3.05) is 0 Å². The number of carboxylic acids is 1. The van der Waals surface area contributed by atoms with Gasteiger partial charge in [-0.05, 0) is 25.1 Å². The Balaban J connectivity index is 2.36. The fraction of sp³-hybridized carbons (Fsp3) is 0.0625. The van der Waals surface area contributed by atoms with Crippen LogP contribution in [0.1, 0.15) is 11.1 Å². The highest BCUT2D eigenvalue weighted by Crippen LogP contribution is 2.28. The van der Waals surface area contributed by atoms with Crippen molar-refractivity contribution in [2.45, 2.75) is 6.92 Å². The summed E-state index contributed by atoms with van der Waals surface area (Å²) in [5, 5.41) is 8.67. The zero-order valence-electron chi connectivity index (χ0n) is 11.1. The molecule has 0 fully saturated rings. The molecule has 0 radical (unpaired) electrons. The van der Waals surface area contributed by atoms with Crippen LogP contribution in [0.15, 0.2) is 42.5 Å². The van der Waals surface area contributed by atoms with Gasteiger partial charge in [0.05, 0.1) is 0 Å². The van der Waals surface area contributed by atoms with Gasteiger partial charge in [0.25, 0.3) is 0 Å². The summed E-state index contributed by atoms with van der Waals surface area (Å²) >= 11 is 0. The Kier molecular flexibility index (Phi) is 4.33. The van der Waals surface area contributed by atoms with Crippen molar-refractivity contribution in [3.8, 4) is 11.5 Å². The van der Waals surface area contributed by atoms with Crippen LogP contribution in [-0.4, -0.2) is 11.1 Å². The number of hydrogen-bond acceptors (Lipinski definition) is 2. The first kappa shape index (κ1) is 14.7. The Bertz CT molecular complexity index is 688. The standard InChI is InChI=1S/C16H12F2O3/c1-10-2-4-15(11(6-10)3-5-16(19)20)21-14-8-12(17)7-13(18)9-14/h2-9H,1H3,(H,19,20)/b5-3+. The SMILES string of the molecule is Cc1ccc(Oc2cc(F)cc(F)c2)c(/C=C/C(=O)O)c1. The number of halogens is 2. The Morgan fingerprint density at radius 2 is 1.81 bits per heavy atom. The number of carboxylic acid groups (broad SMARTS) is 1. The molecule has 0 bridgehead atoms. The first-order valence-corrected chi connectivity index (χ1v) is 6.09. The molecule has 2 aromatic rings. The molecule has 2 rings (SSSR count). The van der Waals surface area contributed by atoms with Gasteiger partial charge in [0.2, 0.25) is 0 Å². The number of aryl methyl sites for hydroxylation is 1. The Morgan fingerprint density at radius 1 is 1.14 bits per heavy atom. The highest BCUT2D eigenvalue weighted by molar-refractivity contribution is 5.86. The molecule has 1 N–H and O–H groups in total. The van der Waals surface area contributed by atoms with Crippen molar-refractivity contribution in [2.24, 2.45) is 0 Å². The maximum absolute atomic E-state index is 13.1. The molecule has 0 amide bonds. The van der Waals surface area contributed by atoms with E-state index in [2.05, 4.69) is 0 Å². The monoisotopic (exact) mass is 290 g/mol. The van der Waals surface area contributed by atoms with Crippen LogP contribution in [0.4, 0.5) is 8.78 Å². The fourth-order valence-electron chi connectivity index (χ4n) is 1.77. The van der Waals surface area contributed by atoms with Crippen molar-refractivity contribution in [3.05, 3.63) is 65.2 Å². The largest absolute Gasteiger partial charge is 0.478 e. The predicted octanol–water partition coefficient (Wildman–Crippen LogP) is 4.16. The van der Waals surface area contributed by atoms with Gasteiger partial charge >= 0.3 is 5.97 Å². The summed E-state index contributed by atoms with van der Waals surface area (Å²) < 4.78 is 31.7. The lowest BCUT2D eigenvalue weighted by atomic mass is 10.1. The molecule has 108 valence electrons. The van der Waals surface area contributed by atoms with Crippen molar-refractivity contribution in [1.82, 2.24) is 0 Å². The molecular formula is C16H12F2O3. The van der Waals surface area contributed by atoms with E-state index >= 15 is 0 Å². The summed E-state index contributed by atoms with van der Waals surface area (Å²) in [6, 6.07) is 7.92. The third-order valence-electron chi connectivity index (χ3n) is 2.63. The van der Waals surface area contributed by atoms with Gasteiger partial charge in [0, 0.05) is 29.8 Å². The summed E-state index contributed by atoms with van der Waals surface area (Å²) in [6.07, 6.45) is 2.33. The van der Waals surface area contributed by atoms with Crippen LogP contribution in [0.3, 0.4) is 0 Å². The third kappa shape index (κ3) is 4.14. The van der Waals surface area contributed by atoms with Crippen LogP contribution in [0.5, 0.6) is 11.5 Å². The topological polar surface area (TPSA) is 46.5 Å². The number of carbonyl (C=O) groups is 1. The molecule has 0 atom stereocenters. The van der Waals surface area contributed by atoms with Crippen molar-refractivity contribution in [1.29, 1.82) is 0 Å². The van der Waals surface area contributed by atoms with Crippen molar-refractivity contribution < 1.29 is 23.4 Å². The Labute approximate surface area is 120 Å². The highest BCUT2D eigenvalue weighted by atomic mass is 19.1. The normalized spacial score (nSPS) is 10.8.